The number of rotatable bonds is 7. The smallest absolute Gasteiger partial charge is 0.286 e. The van der Waals surface area contributed by atoms with Gasteiger partial charge in [0.1, 0.15) is 24.7 Å². The maximum absolute atomic E-state index is 11.9. The zero-order chi connectivity index (χ0) is 21.0. The number of nitrogens with two attached hydrogens (primary N) is 1. The Hall–Kier alpha value is -2.25. The fourth-order valence-corrected chi connectivity index (χ4v) is 3.93. The molecule has 0 aromatic heterocycles. The van der Waals surface area contributed by atoms with Gasteiger partial charge < -0.3 is 15.2 Å². The Morgan fingerprint density at radius 3 is 2.52 bits per heavy atom. The van der Waals surface area contributed by atoms with Crippen LogP contribution < -0.4 is 15.2 Å². The first-order valence-corrected chi connectivity index (χ1v) is 10.9. The Balaban J connectivity index is 1.67. The molecule has 0 saturated carbocycles. The normalized spacial score (nSPS) is 15.1. The molecule has 3 rings (SSSR count). The number of thioether (sulfide) groups is 1. The van der Waals surface area contributed by atoms with Crippen LogP contribution in [-0.4, -0.2) is 24.3 Å². The van der Waals surface area contributed by atoms with Gasteiger partial charge in [0.25, 0.3) is 5.91 Å². The molecule has 0 aliphatic carbocycles. The third kappa shape index (κ3) is 5.64. The number of ether oxygens (including phenoxy) is 2. The number of hydrogen-bond donors (Lipinski definition) is 1. The Morgan fingerprint density at radius 2 is 1.86 bits per heavy atom. The molecule has 0 atom stereocenters. The number of carbonyl (C=O) groups excluding carboxylic acids is 1. The van der Waals surface area contributed by atoms with E-state index in [2.05, 4.69) is 53.0 Å². The summed E-state index contributed by atoms with van der Waals surface area (Å²) in [6.07, 6.45) is 1.74. The van der Waals surface area contributed by atoms with Crippen molar-refractivity contribution in [2.75, 3.05) is 13.2 Å². The molecule has 1 aliphatic rings. The summed E-state index contributed by atoms with van der Waals surface area (Å²) in [7, 11) is 0. The molecule has 2 N–H and O–H groups in total. The predicted molar refractivity (Wildman–Crippen MR) is 123 cm³/mol. The number of nitrogens with zero attached hydrogens (tertiary/aromatic N) is 1. The quantitative estimate of drug-likeness (QED) is 0.437. The standard InChI is InChI=1S/C22H23BrN2O3S/c1-13(2)17-6-4-14(3)10-19(17)28-9-8-27-18-7-5-16(23)11-15(18)12-20-21(26)25-22(24)29-20/h4-7,10-13H,8-9H2,1-3H3,(H2,24,25,26)/b20-12-. The number of aliphatic imine (C=N–C) groups is 1. The molecule has 7 heteroatoms. The van der Waals surface area contributed by atoms with Crippen molar-refractivity contribution in [1.82, 2.24) is 0 Å². The van der Waals surface area contributed by atoms with Crippen molar-refractivity contribution in [2.24, 2.45) is 10.7 Å². The molecule has 1 heterocycles. The summed E-state index contributed by atoms with van der Waals surface area (Å²) in [5, 5.41) is 0.256. The number of hydrogen-bond acceptors (Lipinski definition) is 5. The monoisotopic (exact) mass is 474 g/mol. The average molecular weight is 475 g/mol. The van der Waals surface area contributed by atoms with E-state index in [1.54, 1.807) is 6.08 Å². The first kappa shape index (κ1) is 21.5. The van der Waals surface area contributed by atoms with Crippen molar-refractivity contribution < 1.29 is 14.3 Å². The van der Waals surface area contributed by atoms with E-state index in [1.807, 2.05) is 25.1 Å². The van der Waals surface area contributed by atoms with E-state index in [0.29, 0.717) is 29.8 Å². The number of benzene rings is 2. The zero-order valence-electron chi connectivity index (χ0n) is 16.6. The van der Waals surface area contributed by atoms with Crippen molar-refractivity contribution in [3.05, 3.63) is 62.5 Å². The van der Waals surface area contributed by atoms with Crippen molar-refractivity contribution in [3.8, 4) is 11.5 Å². The number of amides is 1. The van der Waals surface area contributed by atoms with Gasteiger partial charge in [0.2, 0.25) is 0 Å². The minimum atomic E-state index is -0.331. The summed E-state index contributed by atoms with van der Waals surface area (Å²) in [6.45, 7) is 7.14. The summed E-state index contributed by atoms with van der Waals surface area (Å²) in [5.41, 5.74) is 8.74. The first-order valence-electron chi connectivity index (χ1n) is 9.27. The highest BCUT2D eigenvalue weighted by Gasteiger charge is 2.20. The second-order valence-corrected chi connectivity index (χ2v) is 8.92. The van der Waals surface area contributed by atoms with E-state index in [1.165, 1.54) is 5.56 Å². The van der Waals surface area contributed by atoms with E-state index in [0.717, 1.165) is 33.1 Å². The van der Waals surface area contributed by atoms with Crippen LogP contribution in [0.15, 0.2) is 50.8 Å². The topological polar surface area (TPSA) is 73.9 Å². The molecule has 0 spiro atoms. The van der Waals surface area contributed by atoms with Crippen LogP contribution in [0.25, 0.3) is 6.08 Å². The van der Waals surface area contributed by atoms with Gasteiger partial charge in [-0.05, 0) is 66.1 Å². The predicted octanol–water partition coefficient (Wildman–Crippen LogP) is 5.27. The third-order valence-corrected chi connectivity index (χ3v) is 5.59. The van der Waals surface area contributed by atoms with Gasteiger partial charge in [0.05, 0.1) is 4.91 Å². The highest BCUT2D eigenvalue weighted by Crippen LogP contribution is 2.31. The van der Waals surface area contributed by atoms with Crippen molar-refractivity contribution >= 4 is 44.8 Å². The molecular weight excluding hydrogens is 452 g/mol. The molecule has 0 radical (unpaired) electrons. The van der Waals surface area contributed by atoms with E-state index < -0.39 is 0 Å². The number of aryl methyl sites for hydroxylation is 1. The van der Waals surface area contributed by atoms with Crippen molar-refractivity contribution in [1.29, 1.82) is 0 Å². The average Bonchev–Trinajstić information content (AvgIpc) is 2.97. The molecule has 1 aliphatic heterocycles. The molecule has 0 unspecified atom stereocenters. The van der Waals surface area contributed by atoms with Crippen LogP contribution >= 0.6 is 27.7 Å². The van der Waals surface area contributed by atoms with Crippen LogP contribution in [0.4, 0.5) is 0 Å². The lowest BCUT2D eigenvalue weighted by atomic mass is 10.0. The van der Waals surface area contributed by atoms with E-state index in [4.69, 9.17) is 15.2 Å². The summed E-state index contributed by atoms with van der Waals surface area (Å²) in [6, 6.07) is 11.9. The highest BCUT2D eigenvalue weighted by molar-refractivity contribution is 9.10. The van der Waals surface area contributed by atoms with E-state index in [-0.39, 0.29) is 11.1 Å². The highest BCUT2D eigenvalue weighted by atomic mass is 79.9. The molecular formula is C22H23BrN2O3S. The van der Waals surface area contributed by atoms with Crippen LogP contribution in [0.1, 0.15) is 36.5 Å². The molecule has 152 valence electrons. The Kier molecular flexibility index (Phi) is 7.03. The lowest BCUT2D eigenvalue weighted by Gasteiger charge is -2.16. The minimum Gasteiger partial charge on any atom is -0.490 e. The van der Waals surface area contributed by atoms with Crippen LogP contribution in [-0.2, 0) is 4.79 Å². The fraction of sp³-hybridized carbons (Fsp3) is 0.273. The van der Waals surface area contributed by atoms with Crippen LogP contribution in [0.3, 0.4) is 0 Å². The molecule has 0 bridgehead atoms. The minimum absolute atomic E-state index is 0.256. The van der Waals surface area contributed by atoms with Gasteiger partial charge in [-0.3, -0.25) is 4.79 Å². The first-order chi connectivity index (χ1) is 13.8. The van der Waals surface area contributed by atoms with Crippen molar-refractivity contribution in [2.45, 2.75) is 26.7 Å². The molecule has 1 amide bonds. The molecule has 0 saturated heterocycles. The number of carbonyl (C=O) groups is 1. The Bertz CT molecular complexity index is 986. The van der Waals surface area contributed by atoms with Crippen LogP contribution in [0.5, 0.6) is 11.5 Å². The largest absolute Gasteiger partial charge is 0.490 e. The lowest BCUT2D eigenvalue weighted by Crippen LogP contribution is -2.11. The van der Waals surface area contributed by atoms with E-state index >= 15 is 0 Å². The second kappa shape index (κ2) is 9.50. The molecule has 29 heavy (non-hydrogen) atoms. The Morgan fingerprint density at radius 1 is 1.14 bits per heavy atom. The van der Waals surface area contributed by atoms with Gasteiger partial charge in [-0.2, -0.15) is 4.99 Å². The summed E-state index contributed by atoms with van der Waals surface area (Å²) < 4.78 is 12.8. The lowest BCUT2D eigenvalue weighted by molar-refractivity contribution is -0.113. The van der Waals surface area contributed by atoms with Crippen LogP contribution in [0.2, 0.25) is 0 Å². The molecule has 0 fully saturated rings. The van der Waals surface area contributed by atoms with Crippen LogP contribution in [0, 0.1) is 6.92 Å². The van der Waals surface area contributed by atoms with Gasteiger partial charge in [0, 0.05) is 10.0 Å². The Labute approximate surface area is 183 Å². The van der Waals surface area contributed by atoms with Gasteiger partial charge in [-0.25, -0.2) is 0 Å². The second-order valence-electron chi connectivity index (χ2n) is 6.94. The van der Waals surface area contributed by atoms with Gasteiger partial charge in [-0.15, -0.1) is 0 Å². The maximum atomic E-state index is 11.9. The third-order valence-electron chi connectivity index (χ3n) is 4.29. The summed E-state index contributed by atoms with van der Waals surface area (Å²) in [4.78, 5) is 16.1. The van der Waals surface area contributed by atoms with Crippen molar-refractivity contribution in [3.63, 3.8) is 0 Å². The summed E-state index contributed by atoms with van der Waals surface area (Å²) in [5.74, 6) is 1.61. The van der Waals surface area contributed by atoms with Gasteiger partial charge >= 0.3 is 0 Å². The molecule has 5 nitrogen and oxygen atoms in total. The van der Waals surface area contributed by atoms with E-state index in [9.17, 15) is 4.79 Å². The maximum Gasteiger partial charge on any atom is 0.286 e. The zero-order valence-corrected chi connectivity index (χ0v) is 19.0. The SMILES string of the molecule is Cc1ccc(C(C)C)c(OCCOc2ccc(Br)cc2/C=C2\SC(N)=NC2=O)c1. The molecule has 2 aromatic rings. The fourth-order valence-electron chi connectivity index (χ4n) is 2.88. The number of halogens is 1. The number of amidine groups is 1. The molecule has 2 aromatic carbocycles. The summed E-state index contributed by atoms with van der Waals surface area (Å²) >= 11 is 4.62. The van der Waals surface area contributed by atoms with Gasteiger partial charge in [0.15, 0.2) is 5.17 Å². The van der Waals surface area contributed by atoms with Gasteiger partial charge in [-0.1, -0.05) is 41.9 Å².